The number of nitrogens with zero attached hydrogens (tertiary/aromatic N) is 1. The molecule has 0 radical (unpaired) electrons. The summed E-state index contributed by atoms with van der Waals surface area (Å²) in [5.74, 6) is -2.20. The van der Waals surface area contributed by atoms with Gasteiger partial charge in [-0.2, -0.15) is 0 Å². The van der Waals surface area contributed by atoms with Crippen molar-refractivity contribution in [2.45, 2.75) is 45.7 Å². The smallest absolute Gasteiger partial charge is 0.321 e. The molecule has 0 aliphatic carbocycles. The predicted molar refractivity (Wildman–Crippen MR) is 80.7 cm³/mol. The Labute approximate surface area is 127 Å². The van der Waals surface area contributed by atoms with Crippen LogP contribution in [0.15, 0.2) is 0 Å². The summed E-state index contributed by atoms with van der Waals surface area (Å²) >= 11 is 0. The van der Waals surface area contributed by atoms with Crippen LogP contribution in [0.3, 0.4) is 0 Å². The maximum absolute atomic E-state index is 11.2. The number of hydrogen-bond donors (Lipinski definition) is 2. The van der Waals surface area contributed by atoms with Gasteiger partial charge in [-0.25, -0.2) is 0 Å². The van der Waals surface area contributed by atoms with Gasteiger partial charge in [0.05, 0.1) is 6.42 Å². The van der Waals surface area contributed by atoms with Gasteiger partial charge < -0.3 is 19.1 Å². The standard InChI is InChI=1S/C13H27NO6Si/c1-4-14(11(13(17)18)10-12(15)16)8-7-9-21(19-5-2)20-6-3/h11,21H,4-10H2,1-3H3,(H,15,16)(H,17,18)/t11-/m0/s1. The van der Waals surface area contributed by atoms with Crippen molar-refractivity contribution in [1.82, 2.24) is 4.90 Å². The summed E-state index contributed by atoms with van der Waals surface area (Å²) in [4.78, 5) is 23.6. The van der Waals surface area contributed by atoms with E-state index in [2.05, 4.69) is 0 Å². The Morgan fingerprint density at radius 2 is 1.71 bits per heavy atom. The fourth-order valence-corrected chi connectivity index (χ4v) is 3.81. The summed E-state index contributed by atoms with van der Waals surface area (Å²) in [6, 6.07) is -0.191. The van der Waals surface area contributed by atoms with Crippen LogP contribution in [0.1, 0.15) is 33.6 Å². The maximum Gasteiger partial charge on any atom is 0.321 e. The molecule has 2 N–H and O–H groups in total. The zero-order valence-electron chi connectivity index (χ0n) is 13.1. The average Bonchev–Trinajstić information content (AvgIpc) is 2.41. The molecule has 7 nitrogen and oxygen atoms in total. The summed E-state index contributed by atoms with van der Waals surface area (Å²) in [6.07, 6.45) is 0.356. The molecule has 0 bridgehead atoms. The Bertz CT molecular complexity index is 309. The number of rotatable bonds is 13. The molecule has 0 fully saturated rings. The number of carboxylic acid groups (broad SMARTS) is 2. The average molecular weight is 321 g/mol. The highest BCUT2D eigenvalue weighted by Crippen LogP contribution is 2.09. The largest absolute Gasteiger partial charge is 0.481 e. The second-order valence-electron chi connectivity index (χ2n) is 4.56. The minimum Gasteiger partial charge on any atom is -0.481 e. The van der Waals surface area contributed by atoms with Crippen LogP contribution in [-0.4, -0.2) is 68.7 Å². The van der Waals surface area contributed by atoms with Gasteiger partial charge in [0.2, 0.25) is 0 Å². The summed E-state index contributed by atoms with van der Waals surface area (Å²) in [7, 11) is -1.68. The Balaban J connectivity index is 4.39. The van der Waals surface area contributed by atoms with Crippen molar-refractivity contribution in [2.24, 2.45) is 0 Å². The van der Waals surface area contributed by atoms with Crippen LogP contribution in [0.5, 0.6) is 0 Å². The maximum atomic E-state index is 11.2. The lowest BCUT2D eigenvalue weighted by molar-refractivity contribution is -0.149. The van der Waals surface area contributed by atoms with Crippen molar-refractivity contribution in [3.63, 3.8) is 0 Å². The topological polar surface area (TPSA) is 96.3 Å². The lowest BCUT2D eigenvalue weighted by Gasteiger charge is -2.27. The van der Waals surface area contributed by atoms with E-state index in [4.69, 9.17) is 19.1 Å². The van der Waals surface area contributed by atoms with Crippen LogP contribution in [0.2, 0.25) is 6.04 Å². The van der Waals surface area contributed by atoms with E-state index >= 15 is 0 Å². The number of likely N-dealkylation sites (N-methyl/N-ethyl adjacent to an activating group) is 1. The second kappa shape index (κ2) is 11.7. The van der Waals surface area contributed by atoms with Gasteiger partial charge in [0.25, 0.3) is 0 Å². The van der Waals surface area contributed by atoms with Crippen LogP contribution >= 0.6 is 0 Å². The first-order valence-electron chi connectivity index (χ1n) is 7.37. The van der Waals surface area contributed by atoms with Gasteiger partial charge in [0.1, 0.15) is 6.04 Å². The monoisotopic (exact) mass is 321 g/mol. The second-order valence-corrected chi connectivity index (χ2v) is 6.67. The van der Waals surface area contributed by atoms with Crippen molar-refractivity contribution in [1.29, 1.82) is 0 Å². The lowest BCUT2D eigenvalue weighted by atomic mass is 10.1. The van der Waals surface area contributed by atoms with E-state index in [1.54, 1.807) is 4.90 Å². The molecule has 124 valence electrons. The molecule has 0 aromatic carbocycles. The van der Waals surface area contributed by atoms with E-state index < -0.39 is 27.3 Å². The fraction of sp³-hybridized carbons (Fsp3) is 0.846. The zero-order chi connectivity index (χ0) is 16.3. The molecule has 0 saturated heterocycles. The van der Waals surface area contributed by atoms with Crippen LogP contribution < -0.4 is 0 Å². The SMILES string of the molecule is CCO[SiH](CCCN(CC)[C@@H](CC(=O)O)C(=O)O)OCC. The molecule has 0 aromatic heterocycles. The Morgan fingerprint density at radius 1 is 1.14 bits per heavy atom. The minimum absolute atomic E-state index is 0.388. The normalized spacial score (nSPS) is 12.8. The molecular formula is C13H27NO6Si. The third-order valence-electron chi connectivity index (χ3n) is 3.09. The third kappa shape index (κ3) is 8.81. The highest BCUT2D eigenvalue weighted by atomic mass is 28.3. The van der Waals surface area contributed by atoms with Crippen molar-refractivity contribution in [3.8, 4) is 0 Å². The van der Waals surface area contributed by atoms with E-state index in [1.165, 1.54) is 0 Å². The van der Waals surface area contributed by atoms with Gasteiger partial charge in [-0.05, 0) is 39.4 Å². The zero-order valence-corrected chi connectivity index (χ0v) is 14.2. The minimum atomic E-state index is -1.68. The quantitative estimate of drug-likeness (QED) is 0.487. The molecule has 8 heteroatoms. The summed E-state index contributed by atoms with van der Waals surface area (Å²) in [5.41, 5.74) is 0. The van der Waals surface area contributed by atoms with Gasteiger partial charge in [-0.3, -0.25) is 14.5 Å². The molecule has 0 rings (SSSR count). The first-order valence-corrected chi connectivity index (χ1v) is 9.13. The fourth-order valence-electron chi connectivity index (χ4n) is 2.12. The number of aliphatic carboxylic acids is 2. The first-order chi connectivity index (χ1) is 9.96. The number of carbonyl (C=O) groups is 2. The third-order valence-corrected chi connectivity index (χ3v) is 5.38. The van der Waals surface area contributed by atoms with E-state index in [0.717, 1.165) is 12.5 Å². The molecule has 0 heterocycles. The Hall–Kier alpha value is -0.963. The number of carboxylic acids is 2. The van der Waals surface area contributed by atoms with E-state index in [1.807, 2.05) is 20.8 Å². The lowest BCUT2D eigenvalue weighted by Crippen LogP contribution is -2.43. The molecule has 0 saturated carbocycles. The summed E-state index contributed by atoms with van der Waals surface area (Å²) in [5, 5.41) is 18.0. The Morgan fingerprint density at radius 3 is 2.10 bits per heavy atom. The van der Waals surface area contributed by atoms with Crippen molar-refractivity contribution < 1.29 is 28.7 Å². The van der Waals surface area contributed by atoms with Crippen molar-refractivity contribution >= 4 is 21.2 Å². The van der Waals surface area contributed by atoms with Crippen LogP contribution in [0.4, 0.5) is 0 Å². The van der Waals surface area contributed by atoms with Gasteiger partial charge in [-0.1, -0.05) is 6.92 Å². The molecule has 0 spiro atoms. The highest BCUT2D eigenvalue weighted by Gasteiger charge is 2.27. The van der Waals surface area contributed by atoms with E-state index in [9.17, 15) is 9.59 Å². The molecule has 0 amide bonds. The molecule has 0 aliphatic rings. The first kappa shape index (κ1) is 20.0. The Kier molecular flexibility index (Phi) is 11.1. The molecular weight excluding hydrogens is 294 g/mol. The van der Waals surface area contributed by atoms with Gasteiger partial charge in [0, 0.05) is 13.2 Å². The highest BCUT2D eigenvalue weighted by molar-refractivity contribution is 6.44. The van der Waals surface area contributed by atoms with Crippen LogP contribution in [-0.2, 0) is 18.4 Å². The van der Waals surface area contributed by atoms with E-state index in [-0.39, 0.29) is 6.42 Å². The van der Waals surface area contributed by atoms with Gasteiger partial charge >= 0.3 is 21.2 Å². The van der Waals surface area contributed by atoms with Crippen molar-refractivity contribution in [3.05, 3.63) is 0 Å². The van der Waals surface area contributed by atoms with Crippen molar-refractivity contribution in [2.75, 3.05) is 26.3 Å². The predicted octanol–water partition coefficient (Wildman–Crippen LogP) is 0.920. The van der Waals surface area contributed by atoms with Crippen LogP contribution in [0, 0.1) is 0 Å². The van der Waals surface area contributed by atoms with E-state index in [0.29, 0.717) is 26.3 Å². The van der Waals surface area contributed by atoms with Gasteiger partial charge in [-0.15, -0.1) is 0 Å². The molecule has 1 atom stereocenters. The molecule has 0 aromatic rings. The van der Waals surface area contributed by atoms with Gasteiger partial charge in [0.15, 0.2) is 0 Å². The molecule has 0 aliphatic heterocycles. The van der Waals surface area contributed by atoms with Crippen LogP contribution in [0.25, 0.3) is 0 Å². The number of hydrogen-bond acceptors (Lipinski definition) is 5. The summed E-state index contributed by atoms with van der Waals surface area (Å²) < 4.78 is 11.1. The molecule has 0 unspecified atom stereocenters. The summed E-state index contributed by atoms with van der Waals surface area (Å²) in [6.45, 7) is 7.94. The molecule has 21 heavy (non-hydrogen) atoms.